The molecule has 1 aromatic rings. The zero-order valence-corrected chi connectivity index (χ0v) is 18.4. The van der Waals surface area contributed by atoms with Gasteiger partial charge in [-0.3, -0.25) is 9.79 Å². The predicted octanol–water partition coefficient (Wildman–Crippen LogP) is 2.75. The molecule has 0 radical (unpaired) electrons. The molecule has 1 aliphatic rings. The number of nitrogens with one attached hydrogen (secondary N) is 3. The molecule has 0 aromatic heterocycles. The first-order valence-corrected chi connectivity index (χ1v) is 10.5. The molecule has 7 heteroatoms. The van der Waals surface area contributed by atoms with Gasteiger partial charge in [-0.25, -0.2) is 0 Å². The number of anilines is 1. The molecule has 1 aliphatic heterocycles. The van der Waals surface area contributed by atoms with Crippen molar-refractivity contribution in [1.82, 2.24) is 16.0 Å². The molecular formula is C20H32BrN5O. The number of guanidine groups is 1. The topological polar surface area (TPSA) is 68.8 Å². The van der Waals surface area contributed by atoms with E-state index in [0.29, 0.717) is 19.1 Å². The van der Waals surface area contributed by atoms with Gasteiger partial charge >= 0.3 is 0 Å². The van der Waals surface area contributed by atoms with Crippen molar-refractivity contribution in [3.63, 3.8) is 0 Å². The first-order chi connectivity index (χ1) is 12.9. The standard InChI is InChI=1S/C20H32BrN5O/c1-5-22-18(27)20(3,4)14-24-19(23-6-2)25-15-11-12-26(13-15)17-10-8-7-9-16(17)21/h7-10,15H,5-6,11-14H2,1-4H3,(H,22,27)(H2,23,24,25). The fraction of sp³-hybridized carbons (Fsp3) is 0.600. The predicted molar refractivity (Wildman–Crippen MR) is 116 cm³/mol. The summed E-state index contributed by atoms with van der Waals surface area (Å²) in [4.78, 5) is 19.2. The normalized spacial score (nSPS) is 17.7. The fourth-order valence-corrected chi connectivity index (χ4v) is 3.60. The van der Waals surface area contributed by atoms with Crippen LogP contribution < -0.4 is 20.9 Å². The van der Waals surface area contributed by atoms with E-state index in [4.69, 9.17) is 0 Å². The highest BCUT2D eigenvalue weighted by atomic mass is 79.9. The number of hydrogen-bond donors (Lipinski definition) is 3. The Labute approximate surface area is 171 Å². The van der Waals surface area contributed by atoms with Crippen LogP contribution in [-0.4, -0.2) is 50.6 Å². The summed E-state index contributed by atoms with van der Waals surface area (Å²) in [6.07, 6.45) is 1.05. The molecule has 27 heavy (non-hydrogen) atoms. The van der Waals surface area contributed by atoms with Gasteiger partial charge in [0.2, 0.25) is 5.91 Å². The Morgan fingerprint density at radius 2 is 1.96 bits per heavy atom. The SMILES string of the molecule is CCNC(=O)C(C)(C)CN=C(NCC)NC1CCN(c2ccccc2Br)C1. The van der Waals surface area contributed by atoms with Crippen LogP contribution in [0.5, 0.6) is 0 Å². The maximum absolute atomic E-state index is 12.2. The molecule has 0 saturated carbocycles. The molecule has 1 atom stereocenters. The van der Waals surface area contributed by atoms with E-state index in [1.54, 1.807) is 0 Å². The number of amides is 1. The van der Waals surface area contributed by atoms with Crippen LogP contribution in [0.1, 0.15) is 34.1 Å². The Morgan fingerprint density at radius 1 is 1.26 bits per heavy atom. The molecule has 3 N–H and O–H groups in total. The Morgan fingerprint density at radius 3 is 2.63 bits per heavy atom. The monoisotopic (exact) mass is 437 g/mol. The lowest BCUT2D eigenvalue weighted by Gasteiger charge is -2.23. The summed E-state index contributed by atoms with van der Waals surface area (Å²) in [5.74, 6) is 0.805. The minimum Gasteiger partial charge on any atom is -0.368 e. The van der Waals surface area contributed by atoms with Crippen molar-refractivity contribution in [2.75, 3.05) is 37.6 Å². The zero-order valence-electron chi connectivity index (χ0n) is 16.8. The molecule has 1 fully saturated rings. The number of halogens is 1. The van der Waals surface area contributed by atoms with E-state index in [1.165, 1.54) is 5.69 Å². The van der Waals surface area contributed by atoms with E-state index >= 15 is 0 Å². The van der Waals surface area contributed by atoms with Gasteiger partial charge in [0.15, 0.2) is 5.96 Å². The van der Waals surface area contributed by atoms with Crippen LogP contribution in [-0.2, 0) is 4.79 Å². The maximum Gasteiger partial charge on any atom is 0.227 e. The highest BCUT2D eigenvalue weighted by molar-refractivity contribution is 9.10. The van der Waals surface area contributed by atoms with Gasteiger partial charge in [-0.15, -0.1) is 0 Å². The van der Waals surface area contributed by atoms with E-state index in [9.17, 15) is 4.79 Å². The lowest BCUT2D eigenvalue weighted by molar-refractivity contribution is -0.128. The minimum atomic E-state index is -0.533. The average Bonchev–Trinajstić information content (AvgIpc) is 3.09. The molecule has 1 amide bonds. The maximum atomic E-state index is 12.2. The van der Waals surface area contributed by atoms with Gasteiger partial charge in [0.05, 0.1) is 17.6 Å². The molecule has 0 aliphatic carbocycles. The fourth-order valence-electron chi connectivity index (χ4n) is 3.07. The van der Waals surface area contributed by atoms with E-state index in [1.807, 2.05) is 33.8 Å². The van der Waals surface area contributed by atoms with Crippen molar-refractivity contribution < 1.29 is 4.79 Å². The zero-order chi connectivity index (χ0) is 19.9. The highest BCUT2D eigenvalue weighted by Gasteiger charge is 2.28. The smallest absolute Gasteiger partial charge is 0.227 e. The summed E-state index contributed by atoms with van der Waals surface area (Å²) in [5.41, 5.74) is 0.690. The molecule has 0 spiro atoms. The van der Waals surface area contributed by atoms with E-state index < -0.39 is 5.41 Å². The summed E-state index contributed by atoms with van der Waals surface area (Å²) in [7, 11) is 0. The Balaban J connectivity index is 1.98. The number of benzene rings is 1. The number of rotatable bonds is 7. The van der Waals surface area contributed by atoms with Crippen LogP contribution in [0.2, 0.25) is 0 Å². The van der Waals surface area contributed by atoms with Crippen molar-refractivity contribution in [1.29, 1.82) is 0 Å². The van der Waals surface area contributed by atoms with E-state index in [2.05, 4.69) is 60.0 Å². The first kappa shape index (κ1) is 21.5. The van der Waals surface area contributed by atoms with Gasteiger partial charge < -0.3 is 20.9 Å². The minimum absolute atomic E-state index is 0.0329. The molecule has 6 nitrogen and oxygen atoms in total. The quantitative estimate of drug-likeness (QED) is 0.453. The number of nitrogens with zero attached hydrogens (tertiary/aromatic N) is 2. The van der Waals surface area contributed by atoms with Gasteiger partial charge in [0.1, 0.15) is 0 Å². The third-order valence-electron chi connectivity index (χ3n) is 4.65. The molecule has 0 bridgehead atoms. The molecule has 2 rings (SSSR count). The first-order valence-electron chi connectivity index (χ1n) is 9.70. The summed E-state index contributed by atoms with van der Waals surface area (Å²) in [6, 6.07) is 8.63. The summed E-state index contributed by atoms with van der Waals surface area (Å²) in [5, 5.41) is 9.71. The van der Waals surface area contributed by atoms with Crippen molar-refractivity contribution in [3.8, 4) is 0 Å². The third kappa shape index (κ3) is 6.13. The van der Waals surface area contributed by atoms with Gasteiger partial charge in [0.25, 0.3) is 0 Å². The van der Waals surface area contributed by atoms with Gasteiger partial charge in [-0.2, -0.15) is 0 Å². The summed E-state index contributed by atoms with van der Waals surface area (Å²) in [6.45, 7) is 11.6. The van der Waals surface area contributed by atoms with Crippen LogP contribution in [0.4, 0.5) is 5.69 Å². The number of aliphatic imine (C=N–C) groups is 1. The van der Waals surface area contributed by atoms with Gasteiger partial charge in [0, 0.05) is 36.7 Å². The van der Waals surface area contributed by atoms with E-state index in [0.717, 1.165) is 36.5 Å². The lowest BCUT2D eigenvalue weighted by atomic mass is 9.92. The van der Waals surface area contributed by atoms with Crippen molar-refractivity contribution in [3.05, 3.63) is 28.7 Å². The molecule has 1 unspecified atom stereocenters. The Bertz CT molecular complexity index is 662. The number of carbonyl (C=O) groups excluding carboxylic acids is 1. The van der Waals surface area contributed by atoms with Crippen molar-refractivity contribution in [2.24, 2.45) is 10.4 Å². The molecule has 1 saturated heterocycles. The Hall–Kier alpha value is -1.76. The van der Waals surface area contributed by atoms with Crippen LogP contribution in [0.25, 0.3) is 0 Å². The van der Waals surface area contributed by atoms with Crippen molar-refractivity contribution in [2.45, 2.75) is 40.2 Å². The molecule has 150 valence electrons. The largest absolute Gasteiger partial charge is 0.368 e. The van der Waals surface area contributed by atoms with Crippen LogP contribution in [0.15, 0.2) is 33.7 Å². The van der Waals surface area contributed by atoms with Crippen LogP contribution in [0.3, 0.4) is 0 Å². The van der Waals surface area contributed by atoms with Crippen molar-refractivity contribution >= 4 is 33.5 Å². The summed E-state index contributed by atoms with van der Waals surface area (Å²) < 4.78 is 1.12. The highest BCUT2D eigenvalue weighted by Crippen LogP contribution is 2.28. The van der Waals surface area contributed by atoms with E-state index in [-0.39, 0.29) is 5.91 Å². The summed E-state index contributed by atoms with van der Waals surface area (Å²) >= 11 is 3.64. The lowest BCUT2D eigenvalue weighted by Crippen LogP contribution is -2.46. The van der Waals surface area contributed by atoms with Gasteiger partial charge in [-0.1, -0.05) is 12.1 Å². The second kappa shape index (κ2) is 9.97. The molecule has 1 aromatic carbocycles. The second-order valence-electron chi connectivity index (χ2n) is 7.47. The second-order valence-corrected chi connectivity index (χ2v) is 8.32. The van der Waals surface area contributed by atoms with Crippen LogP contribution in [0, 0.1) is 5.41 Å². The number of hydrogen-bond acceptors (Lipinski definition) is 3. The third-order valence-corrected chi connectivity index (χ3v) is 5.32. The number of carbonyl (C=O) groups is 1. The Kier molecular flexibility index (Phi) is 7.95. The number of para-hydroxylation sites is 1. The molecular weight excluding hydrogens is 406 g/mol. The molecule has 1 heterocycles. The van der Waals surface area contributed by atoms with Gasteiger partial charge in [-0.05, 0) is 62.2 Å². The van der Waals surface area contributed by atoms with Crippen LogP contribution >= 0.6 is 15.9 Å². The average molecular weight is 438 g/mol.